The number of hydrogen-bond acceptors (Lipinski definition) is 3. The Labute approximate surface area is 211 Å². The Morgan fingerprint density at radius 1 is 0.917 bits per heavy atom. The lowest BCUT2D eigenvalue weighted by molar-refractivity contribution is -0.114. The standard InChI is InChI=1S/C31H28N2O3/c1-22-14-16-24(17-15-22)31(35)33(25-9-4-3-5-10-25)29-21-23(2)32(28-13-7-6-12-27(28)29)30(34)19-18-26-11-8-20-36-26/h3-20,23,29H,21H2,1-2H3/b19-18+/t23-,29+/m0/s1. The second kappa shape index (κ2) is 10.1. The maximum absolute atomic E-state index is 13.9. The molecule has 1 aliphatic heterocycles. The van der Waals surface area contributed by atoms with Gasteiger partial charge in [-0.15, -0.1) is 0 Å². The van der Waals surface area contributed by atoms with Crippen LogP contribution in [0.3, 0.4) is 0 Å². The van der Waals surface area contributed by atoms with E-state index in [2.05, 4.69) is 0 Å². The van der Waals surface area contributed by atoms with E-state index in [1.54, 1.807) is 24.5 Å². The largest absolute Gasteiger partial charge is 0.465 e. The van der Waals surface area contributed by atoms with Crippen LogP contribution in [-0.2, 0) is 4.79 Å². The monoisotopic (exact) mass is 476 g/mol. The van der Waals surface area contributed by atoms with Gasteiger partial charge in [-0.1, -0.05) is 54.1 Å². The van der Waals surface area contributed by atoms with E-state index in [4.69, 9.17) is 4.42 Å². The molecule has 0 spiro atoms. The first kappa shape index (κ1) is 23.4. The van der Waals surface area contributed by atoms with E-state index in [0.29, 0.717) is 17.7 Å². The van der Waals surface area contributed by atoms with Crippen molar-refractivity contribution in [1.82, 2.24) is 0 Å². The first-order valence-corrected chi connectivity index (χ1v) is 12.1. The molecular weight excluding hydrogens is 448 g/mol. The van der Waals surface area contributed by atoms with Gasteiger partial charge in [0.15, 0.2) is 0 Å². The minimum absolute atomic E-state index is 0.0642. The molecule has 2 atom stereocenters. The summed E-state index contributed by atoms with van der Waals surface area (Å²) in [5.41, 5.74) is 4.32. The first-order chi connectivity index (χ1) is 17.5. The molecule has 0 radical (unpaired) electrons. The Bertz CT molecular complexity index is 1380. The Kier molecular flexibility index (Phi) is 6.54. The third-order valence-electron chi connectivity index (χ3n) is 6.59. The van der Waals surface area contributed by atoms with Crippen LogP contribution in [0.15, 0.2) is 108 Å². The lowest BCUT2D eigenvalue weighted by atomic mass is 9.89. The van der Waals surface area contributed by atoms with Gasteiger partial charge in [-0.05, 0) is 74.4 Å². The number of para-hydroxylation sites is 2. The SMILES string of the molecule is Cc1ccc(C(=O)N(c2ccccc2)[C@@H]2C[C@H](C)N(C(=O)/C=C/c3ccco3)c3ccccc32)cc1. The molecule has 0 saturated carbocycles. The van der Waals surface area contributed by atoms with Crippen LogP contribution in [-0.4, -0.2) is 17.9 Å². The molecule has 0 saturated heterocycles. The molecule has 0 unspecified atom stereocenters. The van der Waals surface area contributed by atoms with Crippen molar-refractivity contribution in [2.75, 3.05) is 9.80 Å². The number of hydrogen-bond donors (Lipinski definition) is 0. The molecule has 1 aromatic heterocycles. The van der Waals surface area contributed by atoms with E-state index in [9.17, 15) is 9.59 Å². The van der Waals surface area contributed by atoms with Gasteiger partial charge in [0.1, 0.15) is 5.76 Å². The molecule has 2 amide bonds. The Morgan fingerprint density at radius 2 is 1.64 bits per heavy atom. The van der Waals surface area contributed by atoms with Crippen LogP contribution in [0.2, 0.25) is 0 Å². The van der Waals surface area contributed by atoms with Crippen molar-refractivity contribution >= 4 is 29.3 Å². The quantitative estimate of drug-likeness (QED) is 0.297. The number of amides is 2. The Morgan fingerprint density at radius 3 is 2.36 bits per heavy atom. The number of rotatable bonds is 5. The van der Waals surface area contributed by atoms with E-state index < -0.39 is 0 Å². The summed E-state index contributed by atoms with van der Waals surface area (Å²) >= 11 is 0. The molecule has 5 heteroatoms. The number of carbonyl (C=O) groups is 2. The third kappa shape index (κ3) is 4.60. The predicted molar refractivity (Wildman–Crippen MR) is 143 cm³/mol. The molecule has 5 rings (SSSR count). The number of nitrogens with zero attached hydrogens (tertiary/aromatic N) is 2. The molecule has 5 nitrogen and oxygen atoms in total. The molecule has 180 valence electrons. The zero-order valence-corrected chi connectivity index (χ0v) is 20.4. The van der Waals surface area contributed by atoms with Gasteiger partial charge in [0.05, 0.1) is 12.3 Å². The van der Waals surface area contributed by atoms with Gasteiger partial charge in [-0.3, -0.25) is 9.59 Å². The number of fused-ring (bicyclic) bond motifs is 1. The summed E-state index contributed by atoms with van der Waals surface area (Å²) < 4.78 is 5.34. The molecule has 3 aromatic carbocycles. The van der Waals surface area contributed by atoms with Crippen molar-refractivity contribution in [3.05, 3.63) is 126 Å². The van der Waals surface area contributed by atoms with Crippen LogP contribution in [0, 0.1) is 6.92 Å². The van der Waals surface area contributed by atoms with Gasteiger partial charge < -0.3 is 14.2 Å². The van der Waals surface area contributed by atoms with E-state index in [-0.39, 0.29) is 23.9 Å². The van der Waals surface area contributed by atoms with Crippen LogP contribution in [0.4, 0.5) is 11.4 Å². The number of anilines is 2. The van der Waals surface area contributed by atoms with Crippen molar-refractivity contribution < 1.29 is 14.0 Å². The van der Waals surface area contributed by atoms with E-state index in [1.807, 2.05) is 109 Å². The van der Waals surface area contributed by atoms with E-state index in [1.165, 1.54) is 0 Å². The molecule has 2 heterocycles. The molecule has 0 bridgehead atoms. The normalized spacial score (nSPS) is 17.1. The summed E-state index contributed by atoms with van der Waals surface area (Å²) in [7, 11) is 0. The lowest BCUT2D eigenvalue weighted by Crippen LogP contribution is -2.47. The zero-order valence-electron chi connectivity index (χ0n) is 20.4. The van der Waals surface area contributed by atoms with Crippen LogP contribution >= 0.6 is 0 Å². The smallest absolute Gasteiger partial charge is 0.258 e. The number of aryl methyl sites for hydroxylation is 1. The summed E-state index contributed by atoms with van der Waals surface area (Å²) in [6.45, 7) is 4.04. The van der Waals surface area contributed by atoms with Crippen LogP contribution in [0.1, 0.15) is 46.6 Å². The van der Waals surface area contributed by atoms with Gasteiger partial charge >= 0.3 is 0 Å². The predicted octanol–water partition coefficient (Wildman–Crippen LogP) is 6.81. The van der Waals surface area contributed by atoms with Crippen molar-refractivity contribution in [3.8, 4) is 0 Å². The third-order valence-corrected chi connectivity index (χ3v) is 6.59. The average molecular weight is 477 g/mol. The number of furan rings is 1. The second-order valence-electron chi connectivity index (χ2n) is 9.09. The molecular formula is C31H28N2O3. The molecule has 0 fully saturated rings. The molecule has 1 aliphatic rings. The molecule has 0 aliphatic carbocycles. The van der Waals surface area contributed by atoms with Gasteiger partial charge in [0.25, 0.3) is 11.8 Å². The lowest BCUT2D eigenvalue weighted by Gasteiger charge is -2.43. The van der Waals surface area contributed by atoms with Gasteiger partial charge in [-0.25, -0.2) is 0 Å². The minimum atomic E-state index is -0.231. The molecule has 36 heavy (non-hydrogen) atoms. The highest BCUT2D eigenvalue weighted by molar-refractivity contribution is 6.08. The maximum atomic E-state index is 13.9. The van der Waals surface area contributed by atoms with Crippen molar-refractivity contribution in [2.45, 2.75) is 32.4 Å². The van der Waals surface area contributed by atoms with E-state index >= 15 is 0 Å². The maximum Gasteiger partial charge on any atom is 0.258 e. The summed E-state index contributed by atoms with van der Waals surface area (Å²) in [6.07, 6.45) is 5.40. The molecule has 4 aromatic rings. The van der Waals surface area contributed by atoms with Crippen molar-refractivity contribution in [2.24, 2.45) is 0 Å². The Balaban J connectivity index is 1.55. The summed E-state index contributed by atoms with van der Waals surface area (Å²) in [6, 6.07) is 28.5. The van der Waals surface area contributed by atoms with Crippen LogP contribution < -0.4 is 9.80 Å². The number of carbonyl (C=O) groups excluding carboxylic acids is 2. The summed E-state index contributed by atoms with van der Waals surface area (Å²) in [4.78, 5) is 30.9. The van der Waals surface area contributed by atoms with Crippen molar-refractivity contribution in [1.29, 1.82) is 0 Å². The fraction of sp³-hybridized carbons (Fsp3) is 0.161. The Hall–Kier alpha value is -4.38. The molecule has 0 N–H and O–H groups in total. The van der Waals surface area contributed by atoms with Gasteiger partial charge in [0, 0.05) is 29.1 Å². The summed E-state index contributed by atoms with van der Waals surface area (Å²) in [5.74, 6) is 0.435. The van der Waals surface area contributed by atoms with E-state index in [0.717, 1.165) is 22.5 Å². The highest BCUT2D eigenvalue weighted by atomic mass is 16.3. The average Bonchev–Trinajstić information content (AvgIpc) is 3.42. The topological polar surface area (TPSA) is 53.8 Å². The van der Waals surface area contributed by atoms with Crippen LogP contribution in [0.5, 0.6) is 0 Å². The van der Waals surface area contributed by atoms with Crippen molar-refractivity contribution in [3.63, 3.8) is 0 Å². The summed E-state index contributed by atoms with van der Waals surface area (Å²) in [5, 5.41) is 0. The van der Waals surface area contributed by atoms with Gasteiger partial charge in [0.2, 0.25) is 0 Å². The van der Waals surface area contributed by atoms with Gasteiger partial charge in [-0.2, -0.15) is 0 Å². The van der Waals surface area contributed by atoms with Crippen LogP contribution in [0.25, 0.3) is 6.08 Å². The highest BCUT2D eigenvalue weighted by Gasteiger charge is 2.38. The highest BCUT2D eigenvalue weighted by Crippen LogP contribution is 2.42. The fourth-order valence-electron chi connectivity index (χ4n) is 4.84. The first-order valence-electron chi connectivity index (χ1n) is 12.1. The zero-order chi connectivity index (χ0) is 25.1. The number of benzene rings is 3. The minimum Gasteiger partial charge on any atom is -0.465 e. The fourth-order valence-corrected chi connectivity index (χ4v) is 4.84. The second-order valence-corrected chi connectivity index (χ2v) is 9.09.